The van der Waals surface area contributed by atoms with Crippen LogP contribution in [0.5, 0.6) is 28.7 Å². The second kappa shape index (κ2) is 20.7. The first-order valence-electron chi connectivity index (χ1n) is 27.4. The van der Waals surface area contributed by atoms with Crippen molar-refractivity contribution < 1.29 is 37.3 Å². The number of methoxy groups -OCH3 is 1. The summed E-state index contributed by atoms with van der Waals surface area (Å²) in [5, 5.41) is 14.7. The zero-order valence-electron chi connectivity index (χ0n) is 45.2. The fourth-order valence-electron chi connectivity index (χ4n) is 12.7. The van der Waals surface area contributed by atoms with Crippen molar-refractivity contribution in [3.8, 4) is 28.7 Å². The number of nitrogens with two attached hydrogens (primary N) is 1. The predicted molar refractivity (Wildman–Crippen MR) is 300 cm³/mol. The summed E-state index contributed by atoms with van der Waals surface area (Å²) in [7, 11) is -2.90. The number of anilines is 3. The number of nitrogen functional groups attached to an aromatic ring is 1. The minimum Gasteiger partial charge on any atom is -0.497 e. The molecule has 16 nitrogen and oxygen atoms in total. The van der Waals surface area contributed by atoms with Gasteiger partial charge in [0.25, 0.3) is 15.9 Å². The highest BCUT2D eigenvalue weighted by atomic mass is 32.2. The van der Waals surface area contributed by atoms with Gasteiger partial charge in [-0.1, -0.05) is 50.2 Å². The third-order valence-electron chi connectivity index (χ3n) is 17.1. The molecule has 11 rings (SSSR count). The number of piperazine rings is 1. The quantitative estimate of drug-likeness (QED) is 0.0609. The molecule has 0 bridgehead atoms. The molecule has 408 valence electrons. The van der Waals surface area contributed by atoms with Crippen molar-refractivity contribution in [3.05, 3.63) is 120 Å². The standard InChI is InChI=1S/C60H74N8O8S/c1-38(2)46-9-7-8-10-47(46)50-37-66(36-40-11-14-44(73-6)15-12-40)27-28-68(50)43-32-60(33-43)22-25-67(26-23-60)42-13-16-48(51(30-42)74-45-29-41-19-24-62-56(41)64-35-45)57(69)65-77(71,72)52-31-49(61)53(55-54(52)75-58(3,4)76-55)63-34-39-17-20-59(5,70)21-18-39/h7-16,19,24,29-31,35,38-39,43,50,63,70H,17-18,20-23,25-28,32-34,36-37,61H2,1-6H3,(H,62,64)(H,65,69)/t39-,50-,59-/m0/s1. The van der Waals surface area contributed by atoms with Gasteiger partial charge in [-0.25, -0.2) is 18.1 Å². The minimum atomic E-state index is -4.61. The second-order valence-electron chi connectivity index (χ2n) is 23.4. The lowest BCUT2D eigenvalue weighted by atomic mass is 9.59. The van der Waals surface area contributed by atoms with Gasteiger partial charge in [0.15, 0.2) is 11.5 Å². The van der Waals surface area contributed by atoms with E-state index in [0.717, 1.165) is 94.6 Å². The van der Waals surface area contributed by atoms with E-state index in [1.807, 2.05) is 31.2 Å². The molecule has 0 unspecified atom stereocenters. The topological polar surface area (TPSA) is 197 Å². The first-order valence-corrected chi connectivity index (χ1v) is 28.9. The Morgan fingerprint density at radius 3 is 2.39 bits per heavy atom. The van der Waals surface area contributed by atoms with Crippen LogP contribution >= 0.6 is 0 Å². The summed E-state index contributed by atoms with van der Waals surface area (Å²) in [6.45, 7) is 15.9. The summed E-state index contributed by atoms with van der Waals surface area (Å²) in [4.78, 5) is 29.5. The lowest BCUT2D eigenvalue weighted by molar-refractivity contribution is -0.0628. The molecule has 4 aromatic carbocycles. The van der Waals surface area contributed by atoms with Crippen LogP contribution in [0.2, 0.25) is 0 Å². The van der Waals surface area contributed by atoms with Gasteiger partial charge in [0, 0.05) is 95.1 Å². The summed E-state index contributed by atoms with van der Waals surface area (Å²) in [5.41, 5.74) is 12.5. The first kappa shape index (κ1) is 52.5. The molecule has 6 N–H and O–H groups in total. The molecule has 6 aromatic rings. The fraction of sp³-hybridized carbons (Fsp3) is 0.467. The molecule has 1 atom stereocenters. The van der Waals surface area contributed by atoms with Crippen LogP contribution < -0.4 is 39.6 Å². The Morgan fingerprint density at radius 2 is 1.65 bits per heavy atom. The summed E-state index contributed by atoms with van der Waals surface area (Å²) in [6, 6.07) is 28.6. The Bertz CT molecular complexity index is 3240. The van der Waals surface area contributed by atoms with Gasteiger partial charge in [0.1, 0.15) is 33.5 Å². The summed E-state index contributed by atoms with van der Waals surface area (Å²) < 4.78 is 55.4. The molecule has 2 aromatic heterocycles. The van der Waals surface area contributed by atoms with Gasteiger partial charge in [-0.15, -0.1) is 0 Å². The number of hydrogen-bond donors (Lipinski definition) is 5. The number of nitrogens with zero attached hydrogens (tertiary/aromatic N) is 4. The van der Waals surface area contributed by atoms with Crippen molar-refractivity contribution >= 4 is 44.0 Å². The third kappa shape index (κ3) is 11.0. The number of nitrogens with one attached hydrogen (secondary N) is 3. The number of amides is 1. The number of carbonyl (C=O) groups excluding carboxylic acids is 1. The lowest BCUT2D eigenvalue weighted by Gasteiger charge is -2.58. The maximum Gasteiger partial charge on any atom is 0.268 e. The summed E-state index contributed by atoms with van der Waals surface area (Å²) in [5.74, 6) is 0.146. The molecular weight excluding hydrogens is 993 g/mol. The van der Waals surface area contributed by atoms with Gasteiger partial charge < -0.3 is 45.0 Å². The van der Waals surface area contributed by atoms with Crippen molar-refractivity contribution in [2.45, 2.75) is 127 Å². The fourth-order valence-corrected chi connectivity index (χ4v) is 13.8. The molecule has 5 aliphatic rings. The van der Waals surface area contributed by atoms with E-state index in [-0.39, 0.29) is 44.7 Å². The second-order valence-corrected chi connectivity index (χ2v) is 25.0. The molecular formula is C60H74N8O8S. The van der Waals surface area contributed by atoms with Gasteiger partial charge in [-0.2, -0.15) is 0 Å². The molecule has 77 heavy (non-hydrogen) atoms. The molecule has 0 radical (unpaired) electrons. The highest BCUT2D eigenvalue weighted by molar-refractivity contribution is 7.90. The van der Waals surface area contributed by atoms with Gasteiger partial charge in [-0.3, -0.25) is 14.6 Å². The molecule has 17 heteroatoms. The van der Waals surface area contributed by atoms with Gasteiger partial charge in [0.2, 0.25) is 5.79 Å². The zero-order valence-corrected chi connectivity index (χ0v) is 46.0. The van der Waals surface area contributed by atoms with Crippen LogP contribution in [0.15, 0.2) is 102 Å². The smallest absolute Gasteiger partial charge is 0.268 e. The number of pyridine rings is 1. The molecule has 3 aliphatic heterocycles. The largest absolute Gasteiger partial charge is 0.497 e. The number of carbonyl (C=O) groups is 1. The predicted octanol–water partition coefficient (Wildman–Crippen LogP) is 10.4. The van der Waals surface area contributed by atoms with E-state index >= 15 is 0 Å². The van der Waals surface area contributed by atoms with Crippen molar-refractivity contribution in [1.82, 2.24) is 24.5 Å². The van der Waals surface area contributed by atoms with E-state index in [0.29, 0.717) is 54.5 Å². The number of sulfonamides is 1. The van der Waals surface area contributed by atoms with E-state index in [2.05, 4.69) is 97.1 Å². The summed E-state index contributed by atoms with van der Waals surface area (Å²) in [6.07, 6.45) is 10.8. The number of benzene rings is 4. The third-order valence-corrected chi connectivity index (χ3v) is 18.4. The van der Waals surface area contributed by atoms with Crippen LogP contribution in [0.1, 0.15) is 125 Å². The Morgan fingerprint density at radius 1 is 0.909 bits per heavy atom. The zero-order chi connectivity index (χ0) is 53.9. The Kier molecular flexibility index (Phi) is 14.1. The SMILES string of the molecule is COc1ccc(CN2CCN(C3CC4(CCN(c5ccc(C(=O)NS(=O)(=O)c6cc(N)c(NC[C@H]7CC[C@](C)(O)CC7)c7c6OC(C)(C)O7)c(Oc6cnc7[nH]ccc7c6)c5)CC4)C3)[C@H](c3ccccc3C(C)C)C2)cc1. The average molecular weight is 1070 g/mol. The van der Waals surface area contributed by atoms with Gasteiger partial charge in [0.05, 0.1) is 30.2 Å². The monoisotopic (exact) mass is 1070 g/mol. The Hall–Kier alpha value is -6.53. The van der Waals surface area contributed by atoms with Crippen LogP contribution in [0.3, 0.4) is 0 Å². The molecule has 5 heterocycles. The van der Waals surface area contributed by atoms with Crippen molar-refractivity contribution in [2.24, 2.45) is 11.3 Å². The number of ether oxygens (including phenoxy) is 4. The van der Waals surface area contributed by atoms with E-state index in [4.69, 9.17) is 24.7 Å². The highest BCUT2D eigenvalue weighted by Crippen LogP contribution is 2.54. The Balaban J connectivity index is 0.799. The molecule has 2 saturated heterocycles. The average Bonchev–Trinajstić information content (AvgIpc) is 4.13. The van der Waals surface area contributed by atoms with Crippen LogP contribution in [0, 0.1) is 11.3 Å². The Labute approximate surface area is 452 Å². The van der Waals surface area contributed by atoms with Gasteiger partial charge >= 0.3 is 0 Å². The van der Waals surface area contributed by atoms with Crippen molar-refractivity contribution in [3.63, 3.8) is 0 Å². The number of aromatic amines is 1. The van der Waals surface area contributed by atoms with Crippen LogP contribution in [0.25, 0.3) is 11.0 Å². The van der Waals surface area contributed by atoms with E-state index < -0.39 is 27.3 Å². The van der Waals surface area contributed by atoms with Crippen molar-refractivity contribution in [1.29, 1.82) is 0 Å². The molecule has 4 fully saturated rings. The van der Waals surface area contributed by atoms with E-state index in [9.17, 15) is 18.3 Å². The number of H-pyrrole nitrogens is 1. The number of aliphatic hydroxyl groups is 1. The number of rotatable bonds is 15. The normalized spacial score (nSPS) is 22.5. The number of piperidine rings is 1. The van der Waals surface area contributed by atoms with E-state index in [1.54, 1.807) is 39.4 Å². The van der Waals surface area contributed by atoms with Crippen LogP contribution in [-0.2, 0) is 16.6 Å². The maximum absolute atomic E-state index is 14.4. The van der Waals surface area contributed by atoms with Crippen LogP contribution in [0.4, 0.5) is 17.1 Å². The molecule has 1 amide bonds. The number of hydrogen-bond acceptors (Lipinski definition) is 14. The maximum atomic E-state index is 14.4. The number of aromatic nitrogens is 2. The van der Waals surface area contributed by atoms with E-state index in [1.165, 1.54) is 22.8 Å². The van der Waals surface area contributed by atoms with Gasteiger partial charge in [-0.05, 0) is 135 Å². The van der Waals surface area contributed by atoms with Crippen molar-refractivity contribution in [2.75, 3.05) is 62.3 Å². The van der Waals surface area contributed by atoms with Crippen LogP contribution in [-0.4, -0.2) is 103 Å². The minimum absolute atomic E-state index is 0.0198. The number of fused-ring (bicyclic) bond motifs is 2. The molecule has 2 saturated carbocycles. The molecule has 1 spiro atoms. The molecule has 2 aliphatic carbocycles. The first-order chi connectivity index (χ1) is 36.8. The summed E-state index contributed by atoms with van der Waals surface area (Å²) >= 11 is 0. The lowest BCUT2D eigenvalue weighted by Crippen LogP contribution is -2.60. The highest BCUT2D eigenvalue weighted by Gasteiger charge is 2.50.